The summed E-state index contributed by atoms with van der Waals surface area (Å²) in [4.78, 5) is 27.0. The molecule has 1 atom stereocenters. The number of imidazole rings is 2. The molecule has 6 aromatic rings. The molecule has 0 fully saturated rings. The molecule has 0 radical (unpaired) electrons. The van der Waals surface area contributed by atoms with Crippen LogP contribution in [0.3, 0.4) is 0 Å². The highest BCUT2D eigenvalue weighted by Gasteiger charge is 2.26. The first-order valence-corrected chi connectivity index (χ1v) is 10.5. The molecule has 0 N–H and O–H groups in total. The number of para-hydroxylation sites is 4. The summed E-state index contributed by atoms with van der Waals surface area (Å²) in [6.07, 6.45) is 1.55. The first kappa shape index (κ1) is 19.6. The molecule has 0 aliphatic carbocycles. The van der Waals surface area contributed by atoms with Gasteiger partial charge in [-0.1, -0.05) is 24.3 Å². The number of hydrogen-bond acceptors (Lipinski definition) is 6. The Morgan fingerprint density at radius 1 is 0.882 bits per heavy atom. The van der Waals surface area contributed by atoms with Gasteiger partial charge in [-0.15, -0.1) is 0 Å². The van der Waals surface area contributed by atoms with E-state index in [1.54, 1.807) is 6.20 Å². The number of aromatic nitrogens is 6. The number of rotatable bonds is 2. The molecule has 4 aromatic heterocycles. The minimum absolute atomic E-state index is 0.00733. The fourth-order valence-electron chi connectivity index (χ4n) is 4.67. The van der Waals surface area contributed by atoms with Crippen LogP contribution in [-0.4, -0.2) is 28.5 Å². The van der Waals surface area contributed by atoms with E-state index in [0.717, 1.165) is 22.1 Å². The largest absolute Gasteiger partial charge is 0.330 e. The monoisotopic (exact) mass is 444 g/mol. The number of pyridine rings is 1. The van der Waals surface area contributed by atoms with Gasteiger partial charge in [-0.05, 0) is 24.3 Å². The van der Waals surface area contributed by atoms with Gasteiger partial charge in [-0.3, -0.25) is 9.20 Å². The van der Waals surface area contributed by atoms with Crippen LogP contribution in [0.15, 0.2) is 59.5 Å². The number of nitrogens with zero attached hydrogens (tertiary/aromatic N) is 8. The molecule has 2 aromatic carbocycles. The lowest BCUT2D eigenvalue weighted by Crippen LogP contribution is -2.17. The van der Waals surface area contributed by atoms with Gasteiger partial charge >= 0.3 is 0 Å². The van der Waals surface area contributed by atoms with Gasteiger partial charge in [-0.2, -0.15) is 10.5 Å². The summed E-state index contributed by atoms with van der Waals surface area (Å²) < 4.78 is 5.48. The van der Waals surface area contributed by atoms with Crippen molar-refractivity contribution in [3.05, 3.63) is 82.2 Å². The Bertz CT molecular complexity index is 1940. The molecule has 0 amide bonds. The van der Waals surface area contributed by atoms with Crippen LogP contribution in [-0.2, 0) is 14.1 Å². The highest BCUT2D eigenvalue weighted by atomic mass is 16.1. The molecule has 6 rings (SSSR count). The van der Waals surface area contributed by atoms with Crippen molar-refractivity contribution in [2.45, 2.75) is 5.92 Å². The number of aryl methyl sites for hydroxylation is 2. The van der Waals surface area contributed by atoms with Gasteiger partial charge in [0, 0.05) is 14.1 Å². The van der Waals surface area contributed by atoms with E-state index in [0.29, 0.717) is 17.0 Å². The fourth-order valence-corrected chi connectivity index (χ4v) is 4.67. The van der Waals surface area contributed by atoms with E-state index in [-0.39, 0.29) is 16.9 Å². The second-order valence-corrected chi connectivity index (χ2v) is 8.06. The molecule has 0 saturated carbocycles. The summed E-state index contributed by atoms with van der Waals surface area (Å²) in [5.41, 5.74) is 3.86. The van der Waals surface area contributed by atoms with Crippen molar-refractivity contribution < 1.29 is 0 Å². The molecule has 9 nitrogen and oxygen atoms in total. The Labute approximate surface area is 192 Å². The summed E-state index contributed by atoms with van der Waals surface area (Å²) in [7, 11) is 3.65. The second kappa shape index (κ2) is 6.99. The summed E-state index contributed by atoms with van der Waals surface area (Å²) in [5.74, 6) is -0.246. The van der Waals surface area contributed by atoms with Crippen LogP contribution in [0.5, 0.6) is 0 Å². The predicted molar refractivity (Wildman–Crippen MR) is 126 cm³/mol. The quantitative estimate of drug-likeness (QED) is 0.405. The molecule has 162 valence electrons. The van der Waals surface area contributed by atoms with Gasteiger partial charge in [0.25, 0.3) is 0 Å². The molecule has 1 unspecified atom stereocenters. The normalized spacial score (nSPS) is 12.4. The highest BCUT2D eigenvalue weighted by Crippen LogP contribution is 2.28. The van der Waals surface area contributed by atoms with Crippen molar-refractivity contribution in [2.75, 3.05) is 0 Å². The summed E-state index contributed by atoms with van der Waals surface area (Å²) in [5, 5.41) is 19.9. The van der Waals surface area contributed by atoms with Crippen molar-refractivity contribution in [1.82, 2.24) is 28.5 Å². The number of benzene rings is 2. The van der Waals surface area contributed by atoms with E-state index in [1.165, 1.54) is 0 Å². The first-order valence-electron chi connectivity index (χ1n) is 10.5. The van der Waals surface area contributed by atoms with Gasteiger partial charge in [0.05, 0.1) is 39.8 Å². The van der Waals surface area contributed by atoms with Crippen molar-refractivity contribution in [2.24, 2.45) is 14.1 Å². The van der Waals surface area contributed by atoms with Crippen molar-refractivity contribution >= 4 is 38.7 Å². The lowest BCUT2D eigenvalue weighted by atomic mass is 10.1. The van der Waals surface area contributed by atoms with Gasteiger partial charge in [0.15, 0.2) is 11.7 Å². The number of hydrogen-bond donors (Lipinski definition) is 0. The van der Waals surface area contributed by atoms with E-state index >= 15 is 0 Å². The molecule has 9 heteroatoms. The van der Waals surface area contributed by atoms with Crippen molar-refractivity contribution in [3.8, 4) is 12.1 Å². The minimum atomic E-state index is -0.889. The Balaban J connectivity index is 1.68. The molecule has 0 bridgehead atoms. The Hall–Kier alpha value is -5.02. The van der Waals surface area contributed by atoms with E-state index in [1.807, 2.05) is 76.2 Å². The molecule has 0 saturated heterocycles. The van der Waals surface area contributed by atoms with Crippen LogP contribution in [0.4, 0.5) is 0 Å². The maximum absolute atomic E-state index is 13.4. The minimum Gasteiger partial charge on any atom is -0.330 e. The third-order valence-electron chi connectivity index (χ3n) is 6.29. The van der Waals surface area contributed by atoms with Crippen LogP contribution < -0.4 is 5.43 Å². The first-order chi connectivity index (χ1) is 16.5. The zero-order valence-corrected chi connectivity index (χ0v) is 18.3. The molecule has 0 aliphatic heterocycles. The molecular weight excluding hydrogens is 428 g/mol. The summed E-state index contributed by atoms with van der Waals surface area (Å²) in [6.45, 7) is 0. The van der Waals surface area contributed by atoms with Gasteiger partial charge in [0.1, 0.15) is 28.6 Å². The Morgan fingerprint density at radius 2 is 1.59 bits per heavy atom. The van der Waals surface area contributed by atoms with Crippen molar-refractivity contribution in [3.63, 3.8) is 0 Å². The summed E-state index contributed by atoms with van der Waals surface area (Å²) >= 11 is 0. The van der Waals surface area contributed by atoms with E-state index in [2.05, 4.69) is 27.1 Å². The second-order valence-electron chi connectivity index (χ2n) is 8.06. The van der Waals surface area contributed by atoms with Crippen LogP contribution in [0.1, 0.15) is 23.1 Å². The van der Waals surface area contributed by atoms with Gasteiger partial charge < -0.3 is 9.13 Å². The third-order valence-corrected chi connectivity index (χ3v) is 6.29. The van der Waals surface area contributed by atoms with Crippen LogP contribution in [0.2, 0.25) is 0 Å². The van der Waals surface area contributed by atoms with Crippen LogP contribution in [0, 0.1) is 22.7 Å². The molecule has 0 aliphatic rings. The van der Waals surface area contributed by atoms with E-state index < -0.39 is 11.3 Å². The zero-order valence-electron chi connectivity index (χ0n) is 18.3. The van der Waals surface area contributed by atoms with Crippen LogP contribution in [0.25, 0.3) is 38.7 Å². The molecule has 34 heavy (non-hydrogen) atoms. The number of nitriles is 2. The lowest BCUT2D eigenvalue weighted by Gasteiger charge is -2.10. The average molecular weight is 444 g/mol. The van der Waals surface area contributed by atoms with Gasteiger partial charge in [-0.25, -0.2) is 15.0 Å². The maximum atomic E-state index is 13.4. The summed E-state index contributed by atoms with van der Waals surface area (Å²) in [6, 6.07) is 19.5. The fraction of sp³-hybridized carbons (Fsp3) is 0.120. The smallest absolute Gasteiger partial charge is 0.227 e. The Kier molecular flexibility index (Phi) is 4.04. The number of fused-ring (bicyclic) bond motifs is 6. The predicted octanol–water partition coefficient (Wildman–Crippen LogP) is 3.15. The average Bonchev–Trinajstić information content (AvgIpc) is 3.35. The third kappa shape index (κ3) is 2.46. The molecule has 0 spiro atoms. The van der Waals surface area contributed by atoms with E-state index in [9.17, 15) is 15.3 Å². The zero-order chi connectivity index (χ0) is 23.6. The lowest BCUT2D eigenvalue weighted by molar-refractivity contribution is 0.766. The maximum Gasteiger partial charge on any atom is 0.227 e. The van der Waals surface area contributed by atoms with Crippen molar-refractivity contribution in [1.29, 1.82) is 10.5 Å². The molecule has 4 heterocycles. The van der Waals surface area contributed by atoms with Crippen LogP contribution >= 0.6 is 0 Å². The van der Waals surface area contributed by atoms with Gasteiger partial charge in [0.2, 0.25) is 5.43 Å². The SMILES string of the molecule is Cn1c(C(C#N)c2ncc3c(n2)c(=O)c(C#N)c2n(C)c4ccccc4n32)nc2ccccc21. The van der Waals surface area contributed by atoms with E-state index in [4.69, 9.17) is 0 Å². The molecular formula is C25H16N8O. The standard InChI is InChI=1S/C25H16N8O/c1-31-17-8-4-3-7-16(17)29-24(31)15(12-27)23-28-13-20-21(30-23)22(34)14(11-26)25-32(2)18-9-5-6-10-19(18)33(20)25/h3-10,13,15H,1-2H3. The topological polar surface area (TPSA) is 118 Å². The highest BCUT2D eigenvalue weighted by molar-refractivity contribution is 5.91. The Morgan fingerprint density at radius 3 is 2.29 bits per heavy atom.